The van der Waals surface area contributed by atoms with Crippen molar-refractivity contribution in [1.82, 2.24) is 36.2 Å². The number of para-hydroxylation sites is 1. The maximum atomic E-state index is 12.9. The Morgan fingerprint density at radius 2 is 0.880 bits per heavy atom. The molecule has 24 heteroatoms. The summed E-state index contributed by atoms with van der Waals surface area (Å²) in [5.41, 5.74) is 39.3. The van der Waals surface area contributed by atoms with Crippen LogP contribution in [0.3, 0.4) is 0 Å². The molecule has 0 radical (unpaired) electrons. The molecule has 2 atom stereocenters. The van der Waals surface area contributed by atoms with Crippen LogP contribution in [-0.2, 0) is 69.1 Å². The zero-order valence-electron chi connectivity index (χ0n) is 79.4. The molecular formula is C118H112N12O4S8. The van der Waals surface area contributed by atoms with Crippen molar-refractivity contribution in [2.24, 2.45) is 27.4 Å². The van der Waals surface area contributed by atoms with Crippen LogP contribution >= 0.6 is 95.9 Å². The largest absolute Gasteiger partial charge is 0.469 e. The highest BCUT2D eigenvalue weighted by molar-refractivity contribution is 8.23. The number of rotatable bonds is 21. The van der Waals surface area contributed by atoms with Gasteiger partial charge in [0.1, 0.15) is 23.2 Å². The van der Waals surface area contributed by atoms with Crippen molar-refractivity contribution in [2.75, 3.05) is 52.8 Å². The number of nitrogens with one attached hydrogen (secondary N) is 6. The fourth-order valence-electron chi connectivity index (χ4n) is 18.6. The molecule has 3 heterocycles. The minimum atomic E-state index is -0.452. The van der Waals surface area contributed by atoms with E-state index in [2.05, 4.69) is 282 Å². The van der Waals surface area contributed by atoms with E-state index < -0.39 is 5.92 Å². The summed E-state index contributed by atoms with van der Waals surface area (Å²) in [4.78, 5) is 47.3. The second kappa shape index (κ2) is 51.3. The van der Waals surface area contributed by atoms with E-state index in [4.69, 9.17) is 69.8 Å². The molecule has 0 fully saturated rings. The standard InChI is InChI=1S/C25H23NO4.C23H21NS2.C19H19NS2.C17H17N5.2C17H16N2S2/c1-29-24(27)20-13-19-16-9-5-6-10-22(16)26-23(19)21(25(28)30-2)12-18-15-8-4-3-7-14(15)11-17(18)20;25-23(24-14-13-20-12-11-19-6-3-4-8-22(19)20)26-16-17-9-10-18-5-1-2-7-21(18)15-17;21-19(22-14-15-6-2-1-3-7-15)20-13-12-17-11-10-16-8-4-5-9-18(16)17;1-20-16(18)22-17(19)21-15-10-11-6-2-3-7-12(11)13-8-4-5-9-14(13)15;20-17(21-15-5-3-10-18-12-15)19-11-9-14-8-7-13-4-1-2-6-16(13)14;20-17(21-15-8-10-18-11-9-15)19-12-7-14-6-5-13-3-1-2-4-16(13)14/h3-10,20-21,26H,11-13H2,1-2H3;1-10,12,15H,11,13-14,16H2,(H,24,25);1-9,11H,10,12-14H2,(H,20,21);2-10H,1H3,(H5,18,19,20,21,22);1-6,8,10,12H,7,9,11H2,(H,19,20);1-4,6,8-11H,5,7,12H2,(H,19,20). The molecule has 21 rings (SSSR count). The number of ether oxygens (including phenoxy) is 2. The molecule has 0 spiro atoms. The van der Waals surface area contributed by atoms with Gasteiger partial charge >= 0.3 is 11.9 Å². The number of thioether (sulfide) groups is 4. The molecule has 0 saturated heterocycles. The number of carbonyl (C=O) groups is 2. The van der Waals surface area contributed by atoms with Crippen LogP contribution in [0.2, 0.25) is 0 Å². The SMILES string of the molecule is CN=C(N)N=C(N)Nc1cc2ccccc2c2ccccc12.COC(=O)C1Cc2c([nH]c3ccccc23)C(C(=O)OC)CC2=C1Cc1ccccc12.S=C(NCCC1=CCc2ccccc21)SCc1ccc2ccccc2c1.S=C(NCCC1=CCc2ccccc21)SCc1ccccc1.S=C(NCCC1=CCc2ccccc21)Sc1cccnc1.S=C(NCCC1=CCc2ccccc21)Sc1ccncc1. The van der Waals surface area contributed by atoms with Gasteiger partial charge in [0, 0.05) is 107 Å². The van der Waals surface area contributed by atoms with Crippen LogP contribution in [0, 0.1) is 5.92 Å². The number of methoxy groups -OCH3 is 2. The molecule has 0 bridgehead atoms. The summed E-state index contributed by atoms with van der Waals surface area (Å²) in [7, 11) is 4.44. The molecule has 6 aliphatic carbocycles. The van der Waals surface area contributed by atoms with Gasteiger partial charge in [0.15, 0.2) is 0 Å². The number of esters is 2. The lowest BCUT2D eigenvalue weighted by molar-refractivity contribution is -0.144. The van der Waals surface area contributed by atoms with Crippen molar-refractivity contribution in [1.29, 1.82) is 0 Å². The summed E-state index contributed by atoms with van der Waals surface area (Å²) >= 11 is 28.2. The highest BCUT2D eigenvalue weighted by Gasteiger charge is 2.40. The van der Waals surface area contributed by atoms with Crippen LogP contribution in [0.1, 0.15) is 116 Å². The average Bonchev–Trinajstić information content (AvgIpc) is 1.55. The molecule has 0 aliphatic heterocycles. The summed E-state index contributed by atoms with van der Waals surface area (Å²) in [5.74, 6) is 0.846. The molecule has 716 valence electrons. The van der Waals surface area contributed by atoms with E-state index in [1.807, 2.05) is 97.2 Å². The number of nitrogens with zero attached hydrogens (tertiary/aromatic N) is 4. The maximum Gasteiger partial charge on any atom is 0.315 e. The van der Waals surface area contributed by atoms with Crippen molar-refractivity contribution in [2.45, 2.75) is 97.8 Å². The van der Waals surface area contributed by atoms with E-state index in [1.165, 1.54) is 114 Å². The normalized spacial score (nSPS) is 14.2. The summed E-state index contributed by atoms with van der Waals surface area (Å²) in [5, 5.41) is 24.7. The second-order valence-corrected chi connectivity index (χ2v) is 41.2. The average molecular weight is 2020 g/mol. The summed E-state index contributed by atoms with van der Waals surface area (Å²) in [6.45, 7) is 3.54. The first kappa shape index (κ1) is 102. The van der Waals surface area contributed by atoms with Crippen LogP contribution in [0.4, 0.5) is 5.69 Å². The smallest absolute Gasteiger partial charge is 0.315 e. The van der Waals surface area contributed by atoms with E-state index >= 15 is 0 Å². The zero-order valence-corrected chi connectivity index (χ0v) is 86.0. The van der Waals surface area contributed by atoms with Gasteiger partial charge in [-0.15, -0.1) is 0 Å². The van der Waals surface area contributed by atoms with Crippen molar-refractivity contribution in [3.8, 4) is 0 Å². The first-order valence-electron chi connectivity index (χ1n) is 47.5. The number of thiocarbonyl (C=S) groups is 4. The van der Waals surface area contributed by atoms with E-state index in [0.29, 0.717) is 19.3 Å². The lowest BCUT2D eigenvalue weighted by Crippen LogP contribution is -2.26. The van der Waals surface area contributed by atoms with Gasteiger partial charge in [-0.25, -0.2) is 0 Å². The van der Waals surface area contributed by atoms with E-state index in [1.54, 1.807) is 72.7 Å². The van der Waals surface area contributed by atoms with Crippen LogP contribution < -0.4 is 38.1 Å². The third-order valence-electron chi connectivity index (χ3n) is 25.5. The van der Waals surface area contributed by atoms with Gasteiger partial charge in [-0.3, -0.25) is 24.5 Å². The Kier molecular flexibility index (Phi) is 36.7. The number of hydrogen-bond donors (Lipinski definition) is 8. The monoisotopic (exact) mass is 2020 g/mol. The van der Waals surface area contributed by atoms with Gasteiger partial charge in [0.05, 0.1) is 20.1 Å². The molecule has 142 heavy (non-hydrogen) atoms. The fourth-order valence-corrected chi connectivity index (χ4v) is 22.6. The molecule has 10 N–H and O–H groups in total. The Balaban J connectivity index is 0.000000123. The van der Waals surface area contributed by atoms with Gasteiger partial charge < -0.3 is 52.5 Å². The molecule has 2 unspecified atom stereocenters. The number of aromatic nitrogens is 3. The van der Waals surface area contributed by atoms with Crippen molar-refractivity contribution in [3.05, 3.63) is 430 Å². The number of fused-ring (bicyclic) bond motifs is 13. The highest BCUT2D eigenvalue weighted by Crippen LogP contribution is 2.48. The summed E-state index contributed by atoms with van der Waals surface area (Å²) < 4.78 is 13.8. The fraction of sp³-hybridized carbons (Fsp3) is 0.186. The number of carbonyl (C=O) groups excluding carboxylic acids is 2. The van der Waals surface area contributed by atoms with Crippen LogP contribution in [-0.4, -0.2) is 104 Å². The van der Waals surface area contributed by atoms with Crippen LogP contribution in [0.25, 0.3) is 71.1 Å². The lowest BCUT2D eigenvalue weighted by atomic mass is 9.80. The topological polar surface area (TPSA) is 231 Å². The van der Waals surface area contributed by atoms with Crippen molar-refractivity contribution >= 4 is 214 Å². The number of pyridine rings is 2. The highest BCUT2D eigenvalue weighted by atomic mass is 32.2. The second-order valence-electron chi connectivity index (χ2n) is 34.4. The first-order chi connectivity index (χ1) is 69.6. The third-order valence-corrected chi connectivity index (χ3v) is 30.7. The molecule has 0 saturated carbocycles. The van der Waals surface area contributed by atoms with Gasteiger partial charge in [-0.1, -0.05) is 381 Å². The molecular weight excluding hydrogens is 1910 g/mol. The van der Waals surface area contributed by atoms with E-state index in [9.17, 15) is 9.59 Å². The van der Waals surface area contributed by atoms with Gasteiger partial charge in [-0.2, -0.15) is 4.99 Å². The van der Waals surface area contributed by atoms with Crippen LogP contribution in [0.15, 0.2) is 372 Å². The van der Waals surface area contributed by atoms with E-state index in [0.717, 1.165) is 177 Å². The number of nitrogens with two attached hydrogens (primary N) is 2. The minimum absolute atomic E-state index is 0.134. The number of guanidine groups is 2. The Morgan fingerprint density at radius 3 is 1.42 bits per heavy atom. The Hall–Kier alpha value is -13.4. The summed E-state index contributed by atoms with van der Waals surface area (Å²) in [6.07, 6.45) is 26.5. The van der Waals surface area contributed by atoms with E-state index in [-0.39, 0.29) is 29.8 Å². The number of hydrogen-bond acceptors (Lipinski definition) is 15. The van der Waals surface area contributed by atoms with Crippen molar-refractivity contribution < 1.29 is 19.1 Å². The predicted molar refractivity (Wildman–Crippen MR) is 615 cm³/mol. The first-order valence-corrected chi connectivity index (χ1v) is 52.8. The summed E-state index contributed by atoms with van der Waals surface area (Å²) in [6, 6.07) is 103. The number of allylic oxidation sites excluding steroid dienone is 5. The molecule has 0 amide bonds. The third kappa shape index (κ3) is 27.3. The molecule has 15 aromatic rings. The lowest BCUT2D eigenvalue weighted by Gasteiger charge is -2.25. The molecule has 6 aliphatic rings. The number of aromatic amines is 1. The number of benzene rings is 12. The maximum absolute atomic E-state index is 12.9. The van der Waals surface area contributed by atoms with Gasteiger partial charge in [0.2, 0.25) is 11.9 Å². The Morgan fingerprint density at radius 1 is 0.423 bits per heavy atom. The molecule has 16 nitrogen and oxygen atoms in total. The molecule has 12 aromatic carbocycles. The minimum Gasteiger partial charge on any atom is -0.469 e. The van der Waals surface area contributed by atoms with Gasteiger partial charge in [-0.05, 0) is 240 Å². The van der Waals surface area contributed by atoms with Crippen LogP contribution in [0.5, 0.6) is 0 Å². The van der Waals surface area contributed by atoms with Crippen molar-refractivity contribution in [3.63, 3.8) is 0 Å². The number of H-pyrrole nitrogens is 1. The Labute approximate surface area is 869 Å². The number of anilines is 1. The zero-order chi connectivity index (χ0) is 98.3. The van der Waals surface area contributed by atoms with Gasteiger partial charge in [0.25, 0.3) is 0 Å². The molecule has 3 aromatic heterocycles. The quantitative estimate of drug-likeness (QED) is 0.00835. The Bertz CT molecular complexity index is 7180. The number of aliphatic imine (C=N–C) groups is 2. The predicted octanol–water partition coefficient (Wildman–Crippen LogP) is 25.8.